The highest BCUT2D eigenvalue weighted by molar-refractivity contribution is 6.01. The zero-order valence-corrected chi connectivity index (χ0v) is 32.6. The van der Waals surface area contributed by atoms with E-state index in [0.29, 0.717) is 41.5 Å². The monoisotopic (exact) mass is 777 g/mol. The van der Waals surface area contributed by atoms with Gasteiger partial charge in [-0.2, -0.15) is 0 Å². The number of carbonyl (C=O) groups excluding carboxylic acids is 2. The number of pyridine rings is 1. The number of carbonyl (C=O) groups is 2. The number of aryl methyl sites for hydroxylation is 1. The molecule has 1 atom stereocenters. The molecule has 3 aliphatic rings. The van der Waals surface area contributed by atoms with Gasteiger partial charge < -0.3 is 25.0 Å². The second-order valence-electron chi connectivity index (χ2n) is 15.7. The fourth-order valence-electron chi connectivity index (χ4n) is 8.32. The number of anilines is 4. The van der Waals surface area contributed by atoms with Gasteiger partial charge in [-0.25, -0.2) is 28.7 Å². The number of nitrogens with one attached hydrogen (secondary N) is 3. The van der Waals surface area contributed by atoms with Gasteiger partial charge in [0.15, 0.2) is 11.6 Å². The van der Waals surface area contributed by atoms with Gasteiger partial charge in [0.1, 0.15) is 28.9 Å². The molecule has 8 rings (SSSR count). The standard InChI is InChI=1S/C42H49F2N11O2/c1-26(2)55-27(3)47-40-33(43)20-30(21-36(40)55)39-34(44)23-46-42(51-39)49-37-10-4-29(22-45-37)25-53-18-16-52(17-19-53)24-28-12-14-54(15-13-28)32-7-5-31(6-8-32)48-35-9-11-38(56)50-41(35)57/h4-8,10,20-23,26,28,35,48H,9,11-19,24-25H2,1-3H3,(H,50,56,57)(H,45,46,49,51). The van der Waals surface area contributed by atoms with Crippen molar-refractivity contribution < 1.29 is 18.4 Å². The molecule has 6 heterocycles. The van der Waals surface area contributed by atoms with E-state index in [4.69, 9.17) is 0 Å². The lowest BCUT2D eigenvalue weighted by Gasteiger charge is -2.39. The van der Waals surface area contributed by atoms with Crippen LogP contribution in [0, 0.1) is 24.5 Å². The minimum absolute atomic E-state index is 0.00566. The first kappa shape index (κ1) is 38.3. The summed E-state index contributed by atoms with van der Waals surface area (Å²) in [5, 5.41) is 8.73. The number of aromatic nitrogens is 5. The van der Waals surface area contributed by atoms with Crippen molar-refractivity contribution in [2.24, 2.45) is 5.92 Å². The average Bonchev–Trinajstić information content (AvgIpc) is 3.55. The lowest BCUT2D eigenvalue weighted by molar-refractivity contribution is -0.133. The summed E-state index contributed by atoms with van der Waals surface area (Å²) in [6.07, 6.45) is 6.11. The van der Waals surface area contributed by atoms with Crippen LogP contribution in [-0.2, 0) is 16.1 Å². The van der Waals surface area contributed by atoms with Crippen LogP contribution in [0.1, 0.15) is 57.0 Å². The van der Waals surface area contributed by atoms with E-state index in [2.05, 4.69) is 62.7 Å². The fourth-order valence-corrected chi connectivity index (χ4v) is 8.32. The first-order valence-electron chi connectivity index (χ1n) is 19.9. The number of imide groups is 1. The van der Waals surface area contributed by atoms with E-state index in [1.54, 1.807) is 6.07 Å². The van der Waals surface area contributed by atoms with Crippen molar-refractivity contribution in [3.63, 3.8) is 0 Å². The molecule has 13 nitrogen and oxygen atoms in total. The van der Waals surface area contributed by atoms with Crippen LogP contribution in [0.15, 0.2) is 60.9 Å². The van der Waals surface area contributed by atoms with Crippen LogP contribution < -0.4 is 20.9 Å². The Bertz CT molecular complexity index is 2230. The molecule has 3 aromatic heterocycles. The molecule has 3 saturated heterocycles. The highest BCUT2D eigenvalue weighted by Gasteiger charge is 2.27. The van der Waals surface area contributed by atoms with E-state index >= 15 is 8.78 Å². The Hall–Kier alpha value is -5.54. The molecule has 0 aliphatic carbocycles. The number of piperidine rings is 2. The largest absolute Gasteiger partial charge is 0.374 e. The molecule has 0 spiro atoms. The second-order valence-corrected chi connectivity index (χ2v) is 15.7. The van der Waals surface area contributed by atoms with Crippen LogP contribution >= 0.6 is 0 Å². The first-order chi connectivity index (χ1) is 27.6. The minimum atomic E-state index is -0.650. The molecule has 57 heavy (non-hydrogen) atoms. The number of fused-ring (bicyclic) bond motifs is 1. The smallest absolute Gasteiger partial charge is 0.249 e. The normalized spacial score (nSPS) is 18.7. The van der Waals surface area contributed by atoms with Crippen LogP contribution in [-0.4, -0.2) is 98.0 Å². The maximum absolute atomic E-state index is 15.1. The summed E-state index contributed by atoms with van der Waals surface area (Å²) in [6, 6.07) is 14.8. The van der Waals surface area contributed by atoms with Crippen LogP contribution in [0.5, 0.6) is 0 Å². The van der Waals surface area contributed by atoms with Gasteiger partial charge in [-0.15, -0.1) is 0 Å². The molecular formula is C42H49F2N11O2. The van der Waals surface area contributed by atoms with Crippen molar-refractivity contribution in [1.82, 2.24) is 39.6 Å². The lowest BCUT2D eigenvalue weighted by Crippen LogP contribution is -2.48. The molecule has 3 aliphatic heterocycles. The van der Waals surface area contributed by atoms with Crippen LogP contribution in [0.4, 0.5) is 31.9 Å². The topological polar surface area (TPSA) is 136 Å². The molecule has 5 aromatic rings. The number of halogens is 2. The molecular weight excluding hydrogens is 729 g/mol. The Labute approximate surface area is 330 Å². The van der Waals surface area contributed by atoms with Gasteiger partial charge in [-0.3, -0.25) is 19.8 Å². The number of amides is 2. The van der Waals surface area contributed by atoms with Crippen LogP contribution in [0.2, 0.25) is 0 Å². The van der Waals surface area contributed by atoms with E-state index in [1.165, 1.54) is 11.8 Å². The number of imidazole rings is 1. The number of hydrogen-bond donors (Lipinski definition) is 3. The summed E-state index contributed by atoms with van der Waals surface area (Å²) in [4.78, 5) is 48.5. The molecule has 0 saturated carbocycles. The molecule has 2 aromatic carbocycles. The van der Waals surface area contributed by atoms with E-state index in [1.807, 2.05) is 55.8 Å². The van der Waals surface area contributed by atoms with Crippen molar-refractivity contribution in [2.75, 3.05) is 61.3 Å². The molecule has 0 bridgehead atoms. The SMILES string of the molecule is Cc1nc2c(F)cc(-c3nc(Nc4ccc(CN5CCN(CC6CCN(c7ccc(NC8CCC(=O)NC8=O)cc7)CC6)CC5)cn4)ncc3F)cc2n1C(C)C. The summed E-state index contributed by atoms with van der Waals surface area (Å²) < 4.78 is 32.1. The fraction of sp³-hybridized carbons (Fsp3) is 0.429. The van der Waals surface area contributed by atoms with E-state index in [-0.39, 0.29) is 41.1 Å². The molecule has 3 N–H and O–H groups in total. The van der Waals surface area contributed by atoms with Gasteiger partial charge in [-0.1, -0.05) is 6.07 Å². The van der Waals surface area contributed by atoms with Gasteiger partial charge in [-0.05, 0) is 94.0 Å². The van der Waals surface area contributed by atoms with Crippen molar-refractivity contribution in [3.8, 4) is 11.3 Å². The Morgan fingerprint density at radius 3 is 2.32 bits per heavy atom. The van der Waals surface area contributed by atoms with E-state index < -0.39 is 11.6 Å². The molecule has 3 fully saturated rings. The van der Waals surface area contributed by atoms with Gasteiger partial charge >= 0.3 is 0 Å². The molecule has 2 amide bonds. The van der Waals surface area contributed by atoms with E-state index in [0.717, 1.165) is 82.6 Å². The van der Waals surface area contributed by atoms with Crippen molar-refractivity contribution in [3.05, 3.63) is 83.9 Å². The number of hydrogen-bond acceptors (Lipinski definition) is 11. The molecule has 15 heteroatoms. The Balaban J connectivity index is 0.786. The van der Waals surface area contributed by atoms with Gasteiger partial charge in [0, 0.05) is 88.0 Å². The van der Waals surface area contributed by atoms with Crippen molar-refractivity contribution in [1.29, 1.82) is 0 Å². The Morgan fingerprint density at radius 1 is 0.860 bits per heavy atom. The third-order valence-electron chi connectivity index (χ3n) is 11.3. The summed E-state index contributed by atoms with van der Waals surface area (Å²) in [6.45, 7) is 13.9. The highest BCUT2D eigenvalue weighted by Crippen LogP contribution is 2.31. The summed E-state index contributed by atoms with van der Waals surface area (Å²) in [5.41, 5.74) is 4.32. The highest BCUT2D eigenvalue weighted by atomic mass is 19.1. The minimum Gasteiger partial charge on any atom is -0.374 e. The van der Waals surface area contributed by atoms with Crippen molar-refractivity contribution in [2.45, 2.75) is 65.1 Å². The Kier molecular flexibility index (Phi) is 11.1. The maximum atomic E-state index is 15.1. The Morgan fingerprint density at radius 2 is 1.61 bits per heavy atom. The number of rotatable bonds is 11. The second kappa shape index (κ2) is 16.5. The van der Waals surface area contributed by atoms with Gasteiger partial charge in [0.2, 0.25) is 17.8 Å². The number of benzene rings is 2. The number of nitrogens with zero attached hydrogens (tertiary/aromatic N) is 8. The molecule has 1 unspecified atom stereocenters. The lowest BCUT2D eigenvalue weighted by atomic mass is 9.95. The third-order valence-corrected chi connectivity index (χ3v) is 11.3. The zero-order valence-electron chi connectivity index (χ0n) is 32.6. The maximum Gasteiger partial charge on any atom is 0.249 e. The predicted octanol–water partition coefficient (Wildman–Crippen LogP) is 6.05. The van der Waals surface area contributed by atoms with Crippen LogP contribution in [0.3, 0.4) is 0 Å². The summed E-state index contributed by atoms with van der Waals surface area (Å²) in [7, 11) is 0. The zero-order chi connectivity index (χ0) is 39.6. The van der Waals surface area contributed by atoms with E-state index in [9.17, 15) is 9.59 Å². The van der Waals surface area contributed by atoms with Crippen LogP contribution in [0.25, 0.3) is 22.3 Å². The first-order valence-corrected chi connectivity index (χ1v) is 19.9. The van der Waals surface area contributed by atoms with Gasteiger partial charge in [0.25, 0.3) is 0 Å². The molecule has 298 valence electrons. The predicted molar refractivity (Wildman–Crippen MR) is 216 cm³/mol. The summed E-state index contributed by atoms with van der Waals surface area (Å²) >= 11 is 0. The quantitative estimate of drug-likeness (QED) is 0.135. The molecule has 0 radical (unpaired) electrons. The average molecular weight is 778 g/mol. The van der Waals surface area contributed by atoms with Gasteiger partial charge in [0.05, 0.1) is 11.7 Å². The summed E-state index contributed by atoms with van der Waals surface area (Å²) in [5.74, 6) is 0.409. The third kappa shape index (κ3) is 8.74. The number of piperazine rings is 1. The van der Waals surface area contributed by atoms with Crippen molar-refractivity contribution >= 4 is 46.0 Å².